The highest BCUT2D eigenvalue weighted by Crippen LogP contribution is 2.30. The summed E-state index contributed by atoms with van der Waals surface area (Å²) in [7, 11) is 0. The number of fused-ring (bicyclic) bond motifs is 2. The fourth-order valence-electron chi connectivity index (χ4n) is 2.81. The van der Waals surface area contributed by atoms with Gasteiger partial charge in [-0.15, -0.1) is 0 Å². The van der Waals surface area contributed by atoms with Gasteiger partial charge in [-0.1, -0.05) is 0 Å². The first-order chi connectivity index (χ1) is 8.90. The molecule has 0 aromatic rings. The van der Waals surface area contributed by atoms with E-state index in [1.54, 1.807) is 4.90 Å². The first kappa shape index (κ1) is 14.3. The molecule has 2 bridgehead atoms. The Labute approximate surface area is 114 Å². The summed E-state index contributed by atoms with van der Waals surface area (Å²) >= 11 is 0. The van der Waals surface area contributed by atoms with E-state index in [4.69, 9.17) is 9.47 Å². The third kappa shape index (κ3) is 3.47. The van der Waals surface area contributed by atoms with E-state index in [1.165, 1.54) is 0 Å². The van der Waals surface area contributed by atoms with Gasteiger partial charge in [-0.25, -0.2) is 4.79 Å². The van der Waals surface area contributed by atoms with Crippen LogP contribution < -0.4 is 0 Å². The van der Waals surface area contributed by atoms with Crippen molar-refractivity contribution < 1.29 is 19.1 Å². The molecule has 0 radical (unpaired) electrons. The van der Waals surface area contributed by atoms with Crippen molar-refractivity contribution in [2.75, 3.05) is 13.2 Å². The second-order valence-electron chi connectivity index (χ2n) is 6.44. The molecule has 2 rings (SSSR count). The molecule has 0 aromatic carbocycles. The molecule has 0 spiro atoms. The number of aldehydes is 1. The largest absolute Gasteiger partial charge is 0.444 e. The number of rotatable bonds is 1. The lowest BCUT2D eigenvalue weighted by Crippen LogP contribution is -2.55. The second kappa shape index (κ2) is 5.49. The van der Waals surface area contributed by atoms with Crippen molar-refractivity contribution in [3.63, 3.8) is 0 Å². The van der Waals surface area contributed by atoms with Crippen LogP contribution in [0.5, 0.6) is 0 Å². The van der Waals surface area contributed by atoms with Crippen LogP contribution in [0.15, 0.2) is 0 Å². The Hall–Kier alpha value is -1.10. The van der Waals surface area contributed by atoms with Crippen LogP contribution in [0, 0.1) is 5.92 Å². The van der Waals surface area contributed by atoms with Crippen molar-refractivity contribution in [3.8, 4) is 0 Å². The third-order valence-electron chi connectivity index (χ3n) is 3.65. The van der Waals surface area contributed by atoms with Crippen LogP contribution in [-0.4, -0.2) is 48.2 Å². The summed E-state index contributed by atoms with van der Waals surface area (Å²) in [6.45, 7) is 6.64. The van der Waals surface area contributed by atoms with Gasteiger partial charge in [0.2, 0.25) is 0 Å². The number of hydrogen-bond acceptors (Lipinski definition) is 4. The molecule has 2 aliphatic heterocycles. The fraction of sp³-hybridized carbons (Fsp3) is 0.857. The lowest BCUT2D eigenvalue weighted by Gasteiger charge is -2.40. The van der Waals surface area contributed by atoms with E-state index in [0.717, 1.165) is 19.1 Å². The molecule has 1 amide bonds. The van der Waals surface area contributed by atoms with Gasteiger partial charge >= 0.3 is 6.09 Å². The van der Waals surface area contributed by atoms with Gasteiger partial charge in [0.25, 0.3) is 0 Å². The van der Waals surface area contributed by atoms with Crippen molar-refractivity contribution in [2.24, 2.45) is 5.92 Å². The minimum atomic E-state index is -0.497. The molecule has 2 saturated heterocycles. The highest BCUT2D eigenvalue weighted by atomic mass is 16.6. The summed E-state index contributed by atoms with van der Waals surface area (Å²) in [5.74, 6) is 0.0293. The van der Waals surface area contributed by atoms with Crippen LogP contribution >= 0.6 is 0 Å². The maximum Gasteiger partial charge on any atom is 0.410 e. The van der Waals surface area contributed by atoms with Gasteiger partial charge in [0, 0.05) is 5.92 Å². The van der Waals surface area contributed by atoms with E-state index < -0.39 is 5.60 Å². The molecular weight excluding hydrogens is 246 g/mol. The van der Waals surface area contributed by atoms with Gasteiger partial charge in [-0.05, 0) is 40.0 Å². The molecule has 0 N–H and O–H groups in total. The molecule has 2 fully saturated rings. The summed E-state index contributed by atoms with van der Waals surface area (Å²) < 4.78 is 11.0. The first-order valence-electron chi connectivity index (χ1n) is 6.95. The van der Waals surface area contributed by atoms with E-state index in [-0.39, 0.29) is 24.1 Å². The van der Waals surface area contributed by atoms with Gasteiger partial charge in [0.05, 0.1) is 25.3 Å². The Kier molecular flexibility index (Phi) is 4.13. The normalized spacial score (nSPS) is 31.5. The first-order valence-corrected chi connectivity index (χ1v) is 6.95. The standard InChI is InChI=1S/C14H23NO4/c1-14(2,3)19-13(17)15-11-5-4-10(7-16)6-12(15)9-18-8-11/h7,10-12H,4-6,8-9H2,1-3H3. The summed E-state index contributed by atoms with van der Waals surface area (Å²) in [5, 5.41) is 0. The lowest BCUT2D eigenvalue weighted by atomic mass is 9.99. The molecule has 0 aromatic heterocycles. The smallest absolute Gasteiger partial charge is 0.410 e. The number of carbonyl (C=O) groups is 2. The Bertz CT molecular complexity index is 350. The third-order valence-corrected chi connectivity index (χ3v) is 3.65. The second-order valence-corrected chi connectivity index (χ2v) is 6.44. The Balaban J connectivity index is 2.13. The Morgan fingerprint density at radius 3 is 2.58 bits per heavy atom. The van der Waals surface area contributed by atoms with Crippen molar-refractivity contribution in [3.05, 3.63) is 0 Å². The minimum absolute atomic E-state index is 0.0293. The maximum absolute atomic E-state index is 12.3. The van der Waals surface area contributed by atoms with Crippen LogP contribution in [0.4, 0.5) is 4.79 Å². The van der Waals surface area contributed by atoms with Crippen molar-refractivity contribution in [1.29, 1.82) is 0 Å². The van der Waals surface area contributed by atoms with Crippen LogP contribution in [0.1, 0.15) is 40.0 Å². The number of amides is 1. The Morgan fingerprint density at radius 2 is 1.95 bits per heavy atom. The molecule has 3 atom stereocenters. The summed E-state index contributed by atoms with van der Waals surface area (Å²) in [6.07, 6.45) is 3.04. The molecule has 0 aliphatic carbocycles. The maximum atomic E-state index is 12.3. The van der Waals surface area contributed by atoms with Gasteiger partial charge < -0.3 is 14.3 Å². The summed E-state index contributed by atoms with van der Waals surface area (Å²) in [6, 6.07) is 0.00449. The molecule has 5 heteroatoms. The Morgan fingerprint density at radius 1 is 1.26 bits per heavy atom. The molecule has 2 aliphatic rings. The number of morpholine rings is 1. The number of hydrogen-bond donors (Lipinski definition) is 0. The molecule has 19 heavy (non-hydrogen) atoms. The van der Waals surface area contributed by atoms with Crippen LogP contribution in [-0.2, 0) is 14.3 Å². The number of ether oxygens (including phenoxy) is 2. The lowest BCUT2D eigenvalue weighted by molar-refractivity contribution is -0.112. The molecule has 108 valence electrons. The highest BCUT2D eigenvalue weighted by molar-refractivity contribution is 5.69. The van der Waals surface area contributed by atoms with Gasteiger partial charge in [0.1, 0.15) is 11.9 Å². The van der Waals surface area contributed by atoms with E-state index in [1.807, 2.05) is 20.8 Å². The van der Waals surface area contributed by atoms with Crippen LogP contribution in [0.3, 0.4) is 0 Å². The average Bonchev–Trinajstić information content (AvgIpc) is 2.41. The quantitative estimate of drug-likeness (QED) is 0.683. The van der Waals surface area contributed by atoms with Gasteiger partial charge in [-0.2, -0.15) is 0 Å². The molecular formula is C14H23NO4. The predicted octanol–water partition coefficient (Wildman–Crippen LogP) is 1.99. The van der Waals surface area contributed by atoms with Crippen LogP contribution in [0.2, 0.25) is 0 Å². The fourth-order valence-corrected chi connectivity index (χ4v) is 2.81. The topological polar surface area (TPSA) is 55.8 Å². The molecule has 0 saturated carbocycles. The predicted molar refractivity (Wildman–Crippen MR) is 69.9 cm³/mol. The molecule has 5 nitrogen and oxygen atoms in total. The van der Waals surface area contributed by atoms with Gasteiger partial charge in [-0.3, -0.25) is 4.90 Å². The van der Waals surface area contributed by atoms with E-state index in [2.05, 4.69) is 0 Å². The summed E-state index contributed by atoms with van der Waals surface area (Å²) in [4.78, 5) is 25.2. The molecule has 3 unspecified atom stereocenters. The zero-order valence-electron chi connectivity index (χ0n) is 11.9. The van der Waals surface area contributed by atoms with Crippen molar-refractivity contribution >= 4 is 12.4 Å². The van der Waals surface area contributed by atoms with E-state index >= 15 is 0 Å². The highest BCUT2D eigenvalue weighted by Gasteiger charge is 2.40. The zero-order valence-corrected chi connectivity index (χ0v) is 11.9. The van der Waals surface area contributed by atoms with Crippen molar-refractivity contribution in [2.45, 2.75) is 57.7 Å². The zero-order chi connectivity index (χ0) is 14.0. The summed E-state index contributed by atoms with van der Waals surface area (Å²) in [5.41, 5.74) is -0.497. The van der Waals surface area contributed by atoms with Crippen LogP contribution in [0.25, 0.3) is 0 Å². The molecule has 2 heterocycles. The average molecular weight is 269 g/mol. The number of carbonyl (C=O) groups excluding carboxylic acids is 2. The van der Waals surface area contributed by atoms with Crippen molar-refractivity contribution in [1.82, 2.24) is 4.90 Å². The minimum Gasteiger partial charge on any atom is -0.444 e. The number of nitrogens with zero attached hydrogens (tertiary/aromatic N) is 1. The van der Waals surface area contributed by atoms with E-state index in [9.17, 15) is 9.59 Å². The monoisotopic (exact) mass is 269 g/mol. The van der Waals surface area contributed by atoms with E-state index in [0.29, 0.717) is 19.6 Å². The van der Waals surface area contributed by atoms with Gasteiger partial charge in [0.15, 0.2) is 0 Å². The SMILES string of the molecule is CC(C)(C)OC(=O)N1C2CCC(C=O)CC1COC2.